The van der Waals surface area contributed by atoms with Gasteiger partial charge in [0.1, 0.15) is 17.5 Å². The largest absolute Gasteiger partial charge is 0.471 e. The van der Waals surface area contributed by atoms with E-state index in [-0.39, 0.29) is 35.3 Å². The number of carbonyl (C=O) groups excluding carboxylic acids is 2. The zero-order chi connectivity index (χ0) is 32.9. The number of aromatic nitrogens is 4. The Hall–Kier alpha value is -4.96. The predicted octanol–water partition coefficient (Wildman–Crippen LogP) is 6.17. The summed E-state index contributed by atoms with van der Waals surface area (Å²) in [5.41, 5.74) is -2.15. The molecule has 0 aliphatic carbocycles. The summed E-state index contributed by atoms with van der Waals surface area (Å²) >= 11 is 0. The Kier molecular flexibility index (Phi) is 7.83. The van der Waals surface area contributed by atoms with Gasteiger partial charge in [-0.1, -0.05) is 29.4 Å². The number of halogens is 6. The lowest BCUT2D eigenvalue weighted by Gasteiger charge is -2.27. The van der Waals surface area contributed by atoms with Crippen LogP contribution in [0.25, 0.3) is 22.8 Å². The van der Waals surface area contributed by atoms with Crippen LogP contribution in [0.3, 0.4) is 0 Å². The Labute approximate surface area is 250 Å². The summed E-state index contributed by atoms with van der Waals surface area (Å²) in [6, 6.07) is 5.22. The molecule has 4 aromatic rings. The number of aryl methyl sites for hydroxylation is 1. The number of alkyl carbamates (subject to hydrolysis) is 1. The van der Waals surface area contributed by atoms with Gasteiger partial charge in [0.2, 0.25) is 17.6 Å². The van der Waals surface area contributed by atoms with Crippen molar-refractivity contribution in [3.05, 3.63) is 65.1 Å². The highest BCUT2D eigenvalue weighted by atomic mass is 19.4. The number of carbonyl (C=O) groups is 2. The summed E-state index contributed by atoms with van der Waals surface area (Å²) in [7, 11) is 0. The van der Waals surface area contributed by atoms with Crippen LogP contribution < -0.4 is 10.2 Å². The SMILES string of the molecule is Cc1nnc(-c2cc3c(cc2F)C(F)(F)CC(NC(=O)OC(C)(C)C)C(=O)N3Cc2ccc(-c3noc(C(F)(F)F)n3)cc2)o1. The van der Waals surface area contributed by atoms with Crippen molar-refractivity contribution in [2.45, 2.75) is 64.4 Å². The topological polar surface area (TPSA) is 136 Å². The van der Waals surface area contributed by atoms with E-state index in [9.17, 15) is 22.8 Å². The summed E-state index contributed by atoms with van der Waals surface area (Å²) in [4.78, 5) is 30.6. The summed E-state index contributed by atoms with van der Waals surface area (Å²) in [6.45, 7) is 5.69. The van der Waals surface area contributed by atoms with E-state index in [4.69, 9.17) is 9.15 Å². The molecule has 0 saturated heterocycles. The highest BCUT2D eigenvalue weighted by Crippen LogP contribution is 2.45. The molecular weight excluding hydrogens is 614 g/mol. The highest BCUT2D eigenvalue weighted by molar-refractivity contribution is 6.00. The Bertz CT molecular complexity index is 1750. The number of benzene rings is 2. The van der Waals surface area contributed by atoms with E-state index in [0.717, 1.165) is 11.0 Å². The molecule has 1 aliphatic heterocycles. The maximum Gasteiger partial charge on any atom is 0.471 e. The molecule has 5 rings (SSSR count). The van der Waals surface area contributed by atoms with Gasteiger partial charge in [0.25, 0.3) is 11.8 Å². The minimum absolute atomic E-state index is 0.0725. The van der Waals surface area contributed by atoms with Gasteiger partial charge in [0.15, 0.2) is 0 Å². The number of ether oxygens (including phenoxy) is 1. The van der Waals surface area contributed by atoms with Gasteiger partial charge >= 0.3 is 18.2 Å². The molecule has 0 bridgehead atoms. The fourth-order valence-corrected chi connectivity index (χ4v) is 4.53. The first-order chi connectivity index (χ1) is 20.9. The van der Waals surface area contributed by atoms with E-state index in [2.05, 4.69) is 30.2 Å². The van der Waals surface area contributed by atoms with Crippen molar-refractivity contribution in [3.8, 4) is 22.8 Å². The lowest BCUT2D eigenvalue weighted by Crippen LogP contribution is -2.49. The van der Waals surface area contributed by atoms with Crippen molar-refractivity contribution in [3.63, 3.8) is 0 Å². The second kappa shape index (κ2) is 11.2. The number of nitrogens with one attached hydrogen (secondary N) is 1. The minimum Gasteiger partial charge on any atom is -0.444 e. The molecular formula is C28H24F6N6O5. The number of hydrogen-bond acceptors (Lipinski definition) is 9. The molecule has 0 fully saturated rings. The van der Waals surface area contributed by atoms with E-state index in [1.54, 1.807) is 20.8 Å². The van der Waals surface area contributed by atoms with Crippen molar-refractivity contribution >= 4 is 17.7 Å². The van der Waals surface area contributed by atoms with Gasteiger partial charge in [-0.25, -0.2) is 18.0 Å². The molecule has 1 atom stereocenters. The average Bonchev–Trinajstić information content (AvgIpc) is 3.58. The third-order valence-corrected chi connectivity index (χ3v) is 6.46. The van der Waals surface area contributed by atoms with Crippen molar-refractivity contribution < 1.29 is 49.6 Å². The molecule has 238 valence electrons. The first-order valence-electron chi connectivity index (χ1n) is 13.2. The van der Waals surface area contributed by atoms with Crippen LogP contribution in [-0.4, -0.2) is 44.0 Å². The van der Waals surface area contributed by atoms with Crippen LogP contribution >= 0.6 is 0 Å². The molecule has 0 spiro atoms. The zero-order valence-electron chi connectivity index (χ0n) is 24.0. The number of fused-ring (bicyclic) bond motifs is 1. The number of anilines is 1. The van der Waals surface area contributed by atoms with Crippen molar-refractivity contribution in [2.24, 2.45) is 0 Å². The Balaban J connectivity index is 1.55. The van der Waals surface area contributed by atoms with E-state index in [1.807, 2.05) is 0 Å². The van der Waals surface area contributed by atoms with Crippen molar-refractivity contribution in [1.82, 2.24) is 25.7 Å². The zero-order valence-corrected chi connectivity index (χ0v) is 24.0. The van der Waals surface area contributed by atoms with Gasteiger partial charge in [0.05, 0.1) is 17.8 Å². The fourth-order valence-electron chi connectivity index (χ4n) is 4.53. The van der Waals surface area contributed by atoms with Gasteiger partial charge in [0, 0.05) is 24.5 Å². The molecule has 17 heteroatoms. The van der Waals surface area contributed by atoms with E-state index in [0.29, 0.717) is 11.6 Å². The average molecular weight is 639 g/mol. The smallest absolute Gasteiger partial charge is 0.444 e. The normalized spacial score (nSPS) is 16.7. The summed E-state index contributed by atoms with van der Waals surface area (Å²) < 4.78 is 100. The van der Waals surface area contributed by atoms with Crippen LogP contribution in [0.2, 0.25) is 0 Å². The molecule has 11 nitrogen and oxygen atoms in total. The molecule has 0 saturated carbocycles. The Morgan fingerprint density at radius 2 is 1.82 bits per heavy atom. The second-order valence-electron chi connectivity index (χ2n) is 11.1. The Morgan fingerprint density at radius 3 is 2.40 bits per heavy atom. The maximum absolute atomic E-state index is 15.7. The predicted molar refractivity (Wildman–Crippen MR) is 142 cm³/mol. The molecule has 0 radical (unpaired) electrons. The van der Waals surface area contributed by atoms with Gasteiger partial charge in [-0.2, -0.15) is 18.2 Å². The number of nitrogens with zero attached hydrogens (tertiary/aromatic N) is 5. The Morgan fingerprint density at radius 1 is 1.13 bits per heavy atom. The van der Waals surface area contributed by atoms with Crippen LogP contribution in [0.5, 0.6) is 0 Å². The van der Waals surface area contributed by atoms with Gasteiger partial charge in [-0.3, -0.25) is 4.79 Å². The van der Waals surface area contributed by atoms with Crippen LogP contribution in [0, 0.1) is 12.7 Å². The maximum atomic E-state index is 15.7. The second-order valence-corrected chi connectivity index (χ2v) is 11.1. The van der Waals surface area contributed by atoms with Gasteiger partial charge < -0.3 is 23.9 Å². The van der Waals surface area contributed by atoms with Crippen molar-refractivity contribution in [2.75, 3.05) is 4.90 Å². The summed E-state index contributed by atoms with van der Waals surface area (Å²) in [5.74, 6) is -8.07. The number of hydrogen-bond donors (Lipinski definition) is 1. The molecule has 1 N–H and O–H groups in total. The standard InChI is InChI=1S/C28H24F6N6O5/c1-13-37-38-22(43-13)16-9-20-17(10-18(16)29)27(30,31)11-19(35-25(42)44-26(2,3)4)23(41)40(20)12-14-5-7-15(8-6-14)21-36-24(45-39-21)28(32,33)34/h5-10,19H,11-12H2,1-4H3,(H,35,42). The van der Waals surface area contributed by atoms with Crippen LogP contribution in [0.1, 0.15) is 50.1 Å². The quantitative estimate of drug-likeness (QED) is 0.254. The van der Waals surface area contributed by atoms with Crippen LogP contribution in [0.4, 0.5) is 36.8 Å². The van der Waals surface area contributed by atoms with Gasteiger partial charge in [-0.05, 0) is 38.5 Å². The molecule has 2 aromatic heterocycles. The molecule has 1 unspecified atom stereocenters. The lowest BCUT2D eigenvalue weighted by molar-refractivity contribution is -0.159. The highest BCUT2D eigenvalue weighted by Gasteiger charge is 2.47. The number of rotatable bonds is 5. The summed E-state index contributed by atoms with van der Waals surface area (Å²) in [6.07, 6.45) is -7.19. The number of alkyl halides is 5. The first kappa shape index (κ1) is 31.5. The van der Waals surface area contributed by atoms with E-state index >= 15 is 13.2 Å². The third-order valence-electron chi connectivity index (χ3n) is 6.46. The van der Waals surface area contributed by atoms with Gasteiger partial charge in [-0.15, -0.1) is 10.2 Å². The molecule has 1 aliphatic rings. The monoisotopic (exact) mass is 638 g/mol. The molecule has 2 amide bonds. The third kappa shape index (κ3) is 6.76. The van der Waals surface area contributed by atoms with Crippen LogP contribution in [0.15, 0.2) is 45.3 Å². The fraction of sp³-hybridized carbons (Fsp3) is 0.357. The lowest BCUT2D eigenvalue weighted by atomic mass is 9.99. The van der Waals surface area contributed by atoms with E-state index in [1.165, 1.54) is 31.2 Å². The van der Waals surface area contributed by atoms with Crippen LogP contribution in [-0.2, 0) is 28.2 Å². The minimum atomic E-state index is -4.85. The van der Waals surface area contributed by atoms with E-state index < -0.39 is 65.1 Å². The first-order valence-corrected chi connectivity index (χ1v) is 13.2. The number of amides is 2. The molecule has 2 aromatic carbocycles. The molecule has 45 heavy (non-hydrogen) atoms. The van der Waals surface area contributed by atoms with Crippen molar-refractivity contribution in [1.29, 1.82) is 0 Å². The molecule has 3 heterocycles. The summed E-state index contributed by atoms with van der Waals surface area (Å²) in [5, 5.41) is 12.9.